The second-order valence-corrected chi connectivity index (χ2v) is 9.78. The van der Waals surface area contributed by atoms with Crippen molar-refractivity contribution in [3.63, 3.8) is 0 Å². The summed E-state index contributed by atoms with van der Waals surface area (Å²) in [5, 5.41) is 0. The van der Waals surface area contributed by atoms with E-state index in [2.05, 4.69) is 36.7 Å². The molecule has 0 saturated carbocycles. The van der Waals surface area contributed by atoms with Crippen LogP contribution in [0.1, 0.15) is 136 Å². The Kier molecular flexibility index (Phi) is 17.7. The lowest BCUT2D eigenvalue weighted by Gasteiger charge is -2.22. The molecule has 1 atom stereocenters. The summed E-state index contributed by atoms with van der Waals surface area (Å²) >= 11 is 3.98. The highest BCUT2D eigenvalue weighted by molar-refractivity contribution is 9.10. The van der Waals surface area contributed by atoms with Crippen molar-refractivity contribution in [3.05, 3.63) is 0 Å². The van der Waals surface area contributed by atoms with Gasteiger partial charge in [0.25, 0.3) is 0 Å². The maximum atomic E-state index is 3.98. The second-order valence-electron chi connectivity index (χ2n) is 7.86. The Morgan fingerprint density at radius 2 is 0.739 bits per heavy atom. The van der Waals surface area contributed by atoms with Crippen LogP contribution in [0, 0.1) is 0 Å². The van der Waals surface area contributed by atoms with Gasteiger partial charge in [0.1, 0.15) is 0 Å². The first-order valence-corrected chi connectivity index (χ1v) is 11.6. The van der Waals surface area contributed by atoms with Gasteiger partial charge in [0.2, 0.25) is 0 Å². The molecule has 0 heterocycles. The molecule has 140 valence electrons. The summed E-state index contributed by atoms with van der Waals surface area (Å²) in [5.41, 5.74) is 0. The Labute approximate surface area is 156 Å². The van der Waals surface area contributed by atoms with E-state index in [1.807, 2.05) is 0 Å². The Balaban J connectivity index is 3.31. The van der Waals surface area contributed by atoms with Gasteiger partial charge in [-0.15, -0.1) is 0 Å². The standard InChI is InChI=1S/C22H45Br/c1-4-6-8-10-12-13-14-15-17-19-21-22(3,23)20-18-16-11-9-7-5-2/h4-21H2,1-3H3. The van der Waals surface area contributed by atoms with E-state index in [1.54, 1.807) is 0 Å². The first-order chi connectivity index (χ1) is 11.1. The van der Waals surface area contributed by atoms with Gasteiger partial charge in [0.05, 0.1) is 0 Å². The van der Waals surface area contributed by atoms with Crippen molar-refractivity contribution in [1.29, 1.82) is 0 Å². The second kappa shape index (κ2) is 17.3. The molecule has 0 radical (unpaired) electrons. The summed E-state index contributed by atoms with van der Waals surface area (Å²) in [7, 11) is 0. The average molecular weight is 390 g/mol. The van der Waals surface area contributed by atoms with Crippen molar-refractivity contribution in [3.8, 4) is 0 Å². The van der Waals surface area contributed by atoms with E-state index in [0.717, 1.165) is 0 Å². The highest BCUT2D eigenvalue weighted by Crippen LogP contribution is 2.31. The quantitative estimate of drug-likeness (QED) is 0.162. The van der Waals surface area contributed by atoms with Crippen LogP contribution in [0.4, 0.5) is 0 Å². The lowest BCUT2D eigenvalue weighted by atomic mass is 9.95. The lowest BCUT2D eigenvalue weighted by Crippen LogP contribution is -2.15. The summed E-state index contributed by atoms with van der Waals surface area (Å²) < 4.78 is 0.401. The molecule has 0 fully saturated rings. The monoisotopic (exact) mass is 388 g/mol. The van der Waals surface area contributed by atoms with Crippen LogP contribution in [0.15, 0.2) is 0 Å². The summed E-state index contributed by atoms with van der Waals surface area (Å²) in [4.78, 5) is 0. The zero-order chi connectivity index (χ0) is 17.2. The molecule has 1 unspecified atom stereocenters. The molecule has 0 aliphatic heterocycles. The van der Waals surface area contributed by atoms with E-state index >= 15 is 0 Å². The number of rotatable bonds is 18. The third-order valence-corrected chi connectivity index (χ3v) is 5.90. The largest absolute Gasteiger partial charge is 0.0856 e. The number of hydrogen-bond donors (Lipinski definition) is 0. The van der Waals surface area contributed by atoms with Gasteiger partial charge < -0.3 is 0 Å². The van der Waals surface area contributed by atoms with Gasteiger partial charge in [0, 0.05) is 4.32 Å². The molecule has 0 N–H and O–H groups in total. The molecule has 0 aromatic carbocycles. The summed E-state index contributed by atoms with van der Waals surface area (Å²) in [6.45, 7) is 7.00. The predicted molar refractivity (Wildman–Crippen MR) is 112 cm³/mol. The van der Waals surface area contributed by atoms with Gasteiger partial charge in [-0.25, -0.2) is 0 Å². The van der Waals surface area contributed by atoms with Crippen molar-refractivity contribution in [2.45, 2.75) is 141 Å². The van der Waals surface area contributed by atoms with Crippen molar-refractivity contribution in [2.24, 2.45) is 0 Å². The maximum Gasteiger partial charge on any atom is 0.0229 e. The van der Waals surface area contributed by atoms with Crippen LogP contribution in [0.3, 0.4) is 0 Å². The van der Waals surface area contributed by atoms with Gasteiger partial charge >= 0.3 is 0 Å². The van der Waals surface area contributed by atoms with Gasteiger partial charge in [-0.3, -0.25) is 0 Å². The molecule has 0 rings (SSSR count). The number of halogens is 1. The highest BCUT2D eigenvalue weighted by Gasteiger charge is 2.18. The number of hydrogen-bond acceptors (Lipinski definition) is 0. The SMILES string of the molecule is CCCCCCCCCCCCC(C)(Br)CCCCCCCC. The van der Waals surface area contributed by atoms with E-state index in [4.69, 9.17) is 0 Å². The van der Waals surface area contributed by atoms with Crippen LogP contribution in [-0.2, 0) is 0 Å². The fourth-order valence-corrected chi connectivity index (χ4v) is 3.94. The molecule has 0 saturated heterocycles. The van der Waals surface area contributed by atoms with Crippen molar-refractivity contribution >= 4 is 15.9 Å². The van der Waals surface area contributed by atoms with E-state index in [0.29, 0.717) is 4.32 Å². The zero-order valence-electron chi connectivity index (χ0n) is 16.6. The van der Waals surface area contributed by atoms with Crippen molar-refractivity contribution < 1.29 is 0 Å². The molecule has 1 heteroatoms. The maximum absolute atomic E-state index is 3.98. The molecule has 0 aromatic heterocycles. The fourth-order valence-electron chi connectivity index (χ4n) is 3.38. The van der Waals surface area contributed by atoms with Crippen LogP contribution >= 0.6 is 15.9 Å². The highest BCUT2D eigenvalue weighted by atomic mass is 79.9. The number of unbranched alkanes of at least 4 members (excludes halogenated alkanes) is 14. The zero-order valence-corrected chi connectivity index (χ0v) is 18.2. The van der Waals surface area contributed by atoms with Crippen LogP contribution in [0.5, 0.6) is 0 Å². The summed E-state index contributed by atoms with van der Waals surface area (Å²) in [6, 6.07) is 0. The van der Waals surface area contributed by atoms with Gasteiger partial charge in [0.15, 0.2) is 0 Å². The van der Waals surface area contributed by atoms with Crippen LogP contribution in [0.2, 0.25) is 0 Å². The molecule has 0 aromatic rings. The smallest absolute Gasteiger partial charge is 0.0229 e. The van der Waals surface area contributed by atoms with Crippen molar-refractivity contribution in [1.82, 2.24) is 0 Å². The predicted octanol–water partition coefficient (Wildman–Crippen LogP) is 9.20. The first-order valence-electron chi connectivity index (χ1n) is 10.8. The Hall–Kier alpha value is 0.480. The summed E-state index contributed by atoms with van der Waals surface area (Å²) in [6.07, 6.45) is 25.6. The van der Waals surface area contributed by atoms with E-state index in [9.17, 15) is 0 Å². The molecule has 0 aliphatic rings. The van der Waals surface area contributed by atoms with Crippen LogP contribution in [-0.4, -0.2) is 4.32 Å². The first kappa shape index (κ1) is 23.5. The van der Waals surface area contributed by atoms with Crippen LogP contribution in [0.25, 0.3) is 0 Å². The fraction of sp³-hybridized carbons (Fsp3) is 1.00. The minimum absolute atomic E-state index is 0.401. The number of alkyl halides is 1. The third-order valence-electron chi connectivity index (χ3n) is 5.10. The lowest BCUT2D eigenvalue weighted by molar-refractivity contribution is 0.471. The minimum Gasteiger partial charge on any atom is -0.0856 e. The molecule has 0 bridgehead atoms. The Morgan fingerprint density at radius 1 is 0.478 bits per heavy atom. The molecule has 0 amide bonds. The average Bonchev–Trinajstić information content (AvgIpc) is 2.52. The van der Waals surface area contributed by atoms with Gasteiger partial charge in [-0.05, 0) is 19.8 Å². The molecule has 23 heavy (non-hydrogen) atoms. The molecule has 0 aliphatic carbocycles. The molecular weight excluding hydrogens is 344 g/mol. The minimum atomic E-state index is 0.401. The van der Waals surface area contributed by atoms with E-state index in [-0.39, 0.29) is 0 Å². The van der Waals surface area contributed by atoms with E-state index in [1.165, 1.54) is 116 Å². The normalized spacial score (nSPS) is 14.1. The third kappa shape index (κ3) is 18.7. The molecule has 0 spiro atoms. The van der Waals surface area contributed by atoms with Crippen LogP contribution < -0.4 is 0 Å². The topological polar surface area (TPSA) is 0 Å². The molecule has 0 nitrogen and oxygen atoms in total. The van der Waals surface area contributed by atoms with Gasteiger partial charge in [-0.2, -0.15) is 0 Å². The van der Waals surface area contributed by atoms with Gasteiger partial charge in [-0.1, -0.05) is 133 Å². The Morgan fingerprint density at radius 3 is 1.04 bits per heavy atom. The molecular formula is C22H45Br. The Bertz CT molecular complexity index is 222. The van der Waals surface area contributed by atoms with E-state index < -0.39 is 0 Å². The summed E-state index contributed by atoms with van der Waals surface area (Å²) in [5.74, 6) is 0. The van der Waals surface area contributed by atoms with Crippen molar-refractivity contribution in [2.75, 3.05) is 0 Å².